The Hall–Kier alpha value is -1.02. The van der Waals surface area contributed by atoms with E-state index in [2.05, 4.69) is 30.8 Å². The molecule has 0 heterocycles. The van der Waals surface area contributed by atoms with E-state index in [0.29, 0.717) is 0 Å². The van der Waals surface area contributed by atoms with Crippen LogP contribution in [-0.2, 0) is 0 Å². The van der Waals surface area contributed by atoms with E-state index in [0.717, 1.165) is 0 Å². The van der Waals surface area contributed by atoms with E-state index in [1.54, 1.807) is 6.08 Å². The Morgan fingerprint density at radius 3 is 1.12 bits per heavy atom. The summed E-state index contributed by atoms with van der Waals surface area (Å²) in [5.41, 5.74) is 4.50. The third-order valence-corrected chi connectivity index (χ3v) is 0.333. The fourth-order valence-electron chi connectivity index (χ4n) is 0.167. The molecule has 16 heavy (non-hydrogen) atoms. The SMILES string of the molecule is C/C=C\NC.C=C.C=CC.CC.CC.CN. The van der Waals surface area contributed by atoms with Crippen LogP contribution in [0.2, 0.25) is 0 Å². The highest BCUT2D eigenvalue weighted by Crippen LogP contribution is 1.53. The monoisotopic (exact) mass is 232 g/mol. The first kappa shape index (κ1) is 36.3. The molecule has 0 aromatic carbocycles. The van der Waals surface area contributed by atoms with Gasteiger partial charge in [0, 0.05) is 7.05 Å². The quantitative estimate of drug-likeness (QED) is 0.659. The Morgan fingerprint density at radius 1 is 0.938 bits per heavy atom. The zero-order chi connectivity index (χ0) is 14.8. The molecular formula is C14H36N2. The smallest absolute Gasteiger partial charge is 0.00276 e. The Bertz CT molecular complexity index is 69.1. The molecule has 2 nitrogen and oxygen atoms in total. The number of rotatable bonds is 1. The van der Waals surface area contributed by atoms with Crippen molar-refractivity contribution in [2.24, 2.45) is 5.73 Å². The lowest BCUT2D eigenvalue weighted by Gasteiger charge is -1.75. The van der Waals surface area contributed by atoms with E-state index >= 15 is 0 Å². The lowest BCUT2D eigenvalue weighted by molar-refractivity contribution is 1.10. The fourth-order valence-corrected chi connectivity index (χ4v) is 0.167. The molecule has 0 aliphatic heterocycles. The van der Waals surface area contributed by atoms with Gasteiger partial charge in [-0.25, -0.2) is 0 Å². The molecule has 0 saturated carbocycles. The molecule has 0 aromatic heterocycles. The van der Waals surface area contributed by atoms with E-state index in [9.17, 15) is 0 Å². The number of hydrogen-bond donors (Lipinski definition) is 2. The molecule has 0 aliphatic rings. The molecule has 0 aromatic rings. The second kappa shape index (κ2) is 265. The molecule has 0 saturated heterocycles. The van der Waals surface area contributed by atoms with E-state index in [-0.39, 0.29) is 0 Å². The van der Waals surface area contributed by atoms with E-state index in [1.807, 2.05) is 60.9 Å². The number of nitrogens with two attached hydrogens (primary N) is 1. The number of nitrogens with one attached hydrogen (secondary N) is 1. The predicted octanol–water partition coefficient (Wildman–Crippen LogP) is 4.36. The lowest BCUT2D eigenvalue weighted by Crippen LogP contribution is -1.89. The molecule has 0 amide bonds. The zero-order valence-corrected chi connectivity index (χ0v) is 12.9. The van der Waals surface area contributed by atoms with Gasteiger partial charge in [-0.15, -0.1) is 19.7 Å². The van der Waals surface area contributed by atoms with Crippen molar-refractivity contribution in [2.75, 3.05) is 14.1 Å². The van der Waals surface area contributed by atoms with Crippen LogP contribution in [0, 0.1) is 0 Å². The van der Waals surface area contributed by atoms with Crippen LogP contribution >= 0.6 is 0 Å². The molecule has 0 atom stereocenters. The van der Waals surface area contributed by atoms with Gasteiger partial charge in [0.05, 0.1) is 0 Å². The van der Waals surface area contributed by atoms with Crippen molar-refractivity contribution < 1.29 is 0 Å². The zero-order valence-electron chi connectivity index (χ0n) is 12.9. The normalized spacial score (nSPS) is 5.06. The second-order valence-corrected chi connectivity index (χ2v) is 1.20. The highest BCUT2D eigenvalue weighted by molar-refractivity contribution is 4.70. The van der Waals surface area contributed by atoms with Crippen molar-refractivity contribution in [3.8, 4) is 0 Å². The van der Waals surface area contributed by atoms with Crippen LogP contribution in [0.25, 0.3) is 0 Å². The molecule has 0 fully saturated rings. The topological polar surface area (TPSA) is 38.0 Å². The molecule has 0 rings (SSSR count). The Kier molecular flexibility index (Phi) is 602. The summed E-state index contributed by atoms with van der Waals surface area (Å²) in [5.74, 6) is 0. The van der Waals surface area contributed by atoms with Gasteiger partial charge in [-0.05, 0) is 27.1 Å². The average Bonchev–Trinajstić information content (AvgIpc) is 2.41. The summed E-state index contributed by atoms with van der Waals surface area (Å²) in [5, 5.41) is 2.84. The molecule has 0 bridgehead atoms. The molecule has 102 valence electrons. The van der Waals surface area contributed by atoms with Crippen LogP contribution < -0.4 is 11.1 Å². The van der Waals surface area contributed by atoms with E-state index < -0.39 is 0 Å². The predicted molar refractivity (Wildman–Crippen MR) is 83.8 cm³/mol. The second-order valence-electron chi connectivity index (χ2n) is 1.20. The summed E-state index contributed by atoms with van der Waals surface area (Å²) in [6, 6.07) is 0. The third-order valence-electron chi connectivity index (χ3n) is 0.333. The Morgan fingerprint density at radius 2 is 1.12 bits per heavy atom. The molecule has 0 aliphatic carbocycles. The molecule has 0 unspecified atom stereocenters. The van der Waals surface area contributed by atoms with Crippen LogP contribution in [-0.4, -0.2) is 14.1 Å². The van der Waals surface area contributed by atoms with E-state index in [4.69, 9.17) is 0 Å². The van der Waals surface area contributed by atoms with Crippen LogP contribution in [0.4, 0.5) is 0 Å². The first-order valence-corrected chi connectivity index (χ1v) is 5.76. The van der Waals surface area contributed by atoms with Crippen molar-refractivity contribution in [1.29, 1.82) is 0 Å². The first-order chi connectivity index (χ1) is 7.83. The standard InChI is InChI=1S/C4H9N.C3H6.2C2H6.C2H4.CH5N/c1-3-4-5-2;1-3-2;4*1-2/h3-5H,1-2H3;3H,1H2,2H3;2*1-2H3;1-2H2;2H2,1H3/b4-3-;;;;;. The van der Waals surface area contributed by atoms with Crippen molar-refractivity contribution in [3.63, 3.8) is 0 Å². The minimum absolute atomic E-state index is 1.50. The van der Waals surface area contributed by atoms with Crippen molar-refractivity contribution in [2.45, 2.75) is 41.5 Å². The fraction of sp³-hybridized carbons (Fsp3) is 0.571. The maximum absolute atomic E-state index is 4.50. The van der Waals surface area contributed by atoms with Gasteiger partial charge in [0.15, 0.2) is 0 Å². The van der Waals surface area contributed by atoms with Crippen LogP contribution in [0.5, 0.6) is 0 Å². The van der Waals surface area contributed by atoms with E-state index in [1.165, 1.54) is 7.05 Å². The summed E-state index contributed by atoms with van der Waals surface area (Å²) in [6.07, 6.45) is 5.57. The van der Waals surface area contributed by atoms with Gasteiger partial charge in [0.2, 0.25) is 0 Å². The van der Waals surface area contributed by atoms with Crippen LogP contribution in [0.1, 0.15) is 41.5 Å². The van der Waals surface area contributed by atoms with Gasteiger partial charge < -0.3 is 11.1 Å². The summed E-state index contributed by atoms with van der Waals surface area (Å²) in [7, 11) is 3.38. The summed E-state index contributed by atoms with van der Waals surface area (Å²) >= 11 is 0. The highest BCUT2D eigenvalue weighted by Gasteiger charge is 1.45. The van der Waals surface area contributed by atoms with Crippen LogP contribution in [0.3, 0.4) is 0 Å². The minimum Gasteiger partial charge on any atom is -0.394 e. The maximum Gasteiger partial charge on any atom is 0.00276 e. The highest BCUT2D eigenvalue weighted by atomic mass is 14.8. The molecular weight excluding hydrogens is 196 g/mol. The summed E-state index contributed by atoms with van der Waals surface area (Å²) in [6.45, 7) is 21.2. The first-order valence-electron chi connectivity index (χ1n) is 5.76. The van der Waals surface area contributed by atoms with Gasteiger partial charge in [-0.1, -0.05) is 39.8 Å². The average molecular weight is 232 g/mol. The molecule has 0 radical (unpaired) electrons. The van der Waals surface area contributed by atoms with Gasteiger partial charge >= 0.3 is 0 Å². The number of allylic oxidation sites excluding steroid dienone is 2. The minimum atomic E-state index is 1.50. The third kappa shape index (κ3) is 1940. The van der Waals surface area contributed by atoms with Crippen LogP contribution in [0.15, 0.2) is 38.1 Å². The Labute approximate surface area is 105 Å². The molecule has 0 spiro atoms. The van der Waals surface area contributed by atoms with Crippen molar-refractivity contribution in [3.05, 3.63) is 38.1 Å². The lowest BCUT2D eigenvalue weighted by atomic mass is 10.7. The van der Waals surface area contributed by atoms with Gasteiger partial charge in [0.25, 0.3) is 0 Å². The maximum atomic E-state index is 4.50. The molecule has 2 heteroatoms. The summed E-state index contributed by atoms with van der Waals surface area (Å²) < 4.78 is 0. The summed E-state index contributed by atoms with van der Waals surface area (Å²) in [4.78, 5) is 0. The van der Waals surface area contributed by atoms with Crippen molar-refractivity contribution >= 4 is 0 Å². The van der Waals surface area contributed by atoms with Gasteiger partial charge in [-0.3, -0.25) is 0 Å². The van der Waals surface area contributed by atoms with Gasteiger partial charge in [0.1, 0.15) is 0 Å². The van der Waals surface area contributed by atoms with Crippen molar-refractivity contribution in [1.82, 2.24) is 5.32 Å². The largest absolute Gasteiger partial charge is 0.394 e. The Balaban J connectivity index is -0.0000000201. The van der Waals surface area contributed by atoms with Gasteiger partial charge in [-0.2, -0.15) is 0 Å². The molecule has 3 N–H and O–H groups in total. The number of hydrogen-bond acceptors (Lipinski definition) is 2.